The summed E-state index contributed by atoms with van der Waals surface area (Å²) in [6.07, 6.45) is 1.34. The first-order chi connectivity index (χ1) is 7.68. The van der Waals surface area contributed by atoms with Crippen molar-refractivity contribution in [3.8, 4) is 0 Å². The second-order valence-corrected chi connectivity index (χ2v) is 7.65. The highest BCUT2D eigenvalue weighted by Gasteiger charge is 2.26. The number of rotatable bonds is 3. The highest BCUT2D eigenvalue weighted by molar-refractivity contribution is 7.91. The summed E-state index contributed by atoms with van der Waals surface area (Å²) in [7, 11) is -2.98. The second kappa shape index (κ2) is 5.35. The van der Waals surface area contributed by atoms with E-state index in [4.69, 9.17) is 4.74 Å². The Morgan fingerprint density at radius 2 is 2.06 bits per heavy atom. The molecule has 1 saturated heterocycles. The van der Waals surface area contributed by atoms with Gasteiger partial charge in [-0.25, -0.2) is 8.42 Å². The third-order valence-electron chi connectivity index (χ3n) is 2.46. The van der Waals surface area contributed by atoms with Gasteiger partial charge in [0.25, 0.3) is 0 Å². The van der Waals surface area contributed by atoms with Crippen molar-refractivity contribution in [1.82, 2.24) is 5.32 Å². The Morgan fingerprint density at radius 1 is 1.41 bits per heavy atom. The van der Waals surface area contributed by atoms with E-state index in [1.807, 2.05) is 20.8 Å². The van der Waals surface area contributed by atoms with Gasteiger partial charge in [-0.3, -0.25) is 4.79 Å². The van der Waals surface area contributed by atoms with Crippen LogP contribution in [0, 0.1) is 0 Å². The Labute approximate surface area is 103 Å². The molecule has 100 valence electrons. The van der Waals surface area contributed by atoms with Crippen LogP contribution in [0.2, 0.25) is 0 Å². The third kappa shape index (κ3) is 6.02. The largest absolute Gasteiger partial charge is 0.366 e. The van der Waals surface area contributed by atoms with E-state index in [1.165, 1.54) is 0 Å². The van der Waals surface area contributed by atoms with Gasteiger partial charge in [-0.05, 0) is 33.6 Å². The standard InChI is InChI=1S/C11H21NO4S/c1-11(2,3)16-7-10(13)12-9-5-4-6-17(14,15)8-9/h9H,4-8H2,1-3H3,(H,12,13). The Kier molecular flexibility index (Phi) is 4.55. The molecule has 1 fully saturated rings. The zero-order chi connectivity index (χ0) is 13.1. The smallest absolute Gasteiger partial charge is 0.246 e. The number of hydrogen-bond donors (Lipinski definition) is 1. The number of nitrogens with one attached hydrogen (secondary N) is 1. The molecule has 5 nitrogen and oxygen atoms in total. The first-order valence-corrected chi connectivity index (χ1v) is 7.64. The number of carbonyl (C=O) groups is 1. The van der Waals surface area contributed by atoms with Crippen LogP contribution in [-0.4, -0.2) is 44.1 Å². The summed E-state index contributed by atoms with van der Waals surface area (Å²) in [6.45, 7) is 5.57. The zero-order valence-electron chi connectivity index (χ0n) is 10.7. The molecular weight excluding hydrogens is 242 g/mol. The Hall–Kier alpha value is -0.620. The average molecular weight is 263 g/mol. The Balaban J connectivity index is 2.36. The van der Waals surface area contributed by atoms with Crippen molar-refractivity contribution in [3.05, 3.63) is 0 Å². The molecule has 0 radical (unpaired) electrons. The van der Waals surface area contributed by atoms with Gasteiger partial charge >= 0.3 is 0 Å². The van der Waals surface area contributed by atoms with Crippen molar-refractivity contribution in [2.75, 3.05) is 18.1 Å². The predicted molar refractivity (Wildman–Crippen MR) is 65.5 cm³/mol. The lowest BCUT2D eigenvalue weighted by atomic mass is 10.2. The second-order valence-electron chi connectivity index (χ2n) is 5.42. The van der Waals surface area contributed by atoms with Gasteiger partial charge in [-0.1, -0.05) is 0 Å². The highest BCUT2D eigenvalue weighted by atomic mass is 32.2. The van der Waals surface area contributed by atoms with E-state index in [0.29, 0.717) is 6.42 Å². The Bertz CT molecular complexity index is 369. The van der Waals surface area contributed by atoms with Crippen molar-refractivity contribution < 1.29 is 17.9 Å². The van der Waals surface area contributed by atoms with E-state index in [1.54, 1.807) is 0 Å². The molecule has 0 spiro atoms. The van der Waals surface area contributed by atoms with E-state index in [2.05, 4.69) is 5.32 Å². The SMILES string of the molecule is CC(C)(C)OCC(=O)NC1CCCS(=O)(=O)C1. The van der Waals surface area contributed by atoms with Gasteiger partial charge in [0.15, 0.2) is 9.84 Å². The predicted octanol–water partition coefficient (Wildman–Crippen LogP) is 0.495. The van der Waals surface area contributed by atoms with Gasteiger partial charge < -0.3 is 10.1 Å². The van der Waals surface area contributed by atoms with Crippen LogP contribution in [0.1, 0.15) is 33.6 Å². The van der Waals surface area contributed by atoms with Crippen molar-refractivity contribution in [2.45, 2.75) is 45.3 Å². The molecule has 1 atom stereocenters. The lowest BCUT2D eigenvalue weighted by Gasteiger charge is -2.24. The molecule has 1 heterocycles. The monoisotopic (exact) mass is 263 g/mol. The van der Waals surface area contributed by atoms with Crippen LogP contribution < -0.4 is 5.32 Å². The van der Waals surface area contributed by atoms with Crippen LogP contribution in [0.15, 0.2) is 0 Å². The summed E-state index contributed by atoms with van der Waals surface area (Å²) in [4.78, 5) is 11.5. The molecule has 0 aliphatic carbocycles. The highest BCUT2D eigenvalue weighted by Crippen LogP contribution is 2.12. The van der Waals surface area contributed by atoms with E-state index >= 15 is 0 Å². The molecule has 0 aromatic heterocycles. The maximum atomic E-state index is 11.5. The third-order valence-corrected chi connectivity index (χ3v) is 4.29. The Morgan fingerprint density at radius 3 is 2.59 bits per heavy atom. The zero-order valence-corrected chi connectivity index (χ0v) is 11.5. The fourth-order valence-electron chi connectivity index (χ4n) is 1.69. The maximum absolute atomic E-state index is 11.5. The number of carbonyl (C=O) groups excluding carboxylic acids is 1. The minimum Gasteiger partial charge on any atom is -0.366 e. The number of amides is 1. The summed E-state index contributed by atoms with van der Waals surface area (Å²) in [5.41, 5.74) is -0.365. The molecule has 1 amide bonds. The first-order valence-electron chi connectivity index (χ1n) is 5.82. The summed E-state index contributed by atoms with van der Waals surface area (Å²) in [5.74, 6) is 0.0357. The first kappa shape index (κ1) is 14.4. The lowest BCUT2D eigenvalue weighted by Crippen LogP contribution is -2.45. The molecule has 1 unspecified atom stereocenters. The molecular formula is C11H21NO4S. The van der Waals surface area contributed by atoms with E-state index in [9.17, 15) is 13.2 Å². The molecule has 6 heteroatoms. The summed E-state index contributed by atoms with van der Waals surface area (Å²) >= 11 is 0. The van der Waals surface area contributed by atoms with Gasteiger partial charge in [0, 0.05) is 6.04 Å². The molecule has 1 aliphatic heterocycles. The minimum atomic E-state index is -2.98. The van der Waals surface area contributed by atoms with Gasteiger partial charge in [0.1, 0.15) is 6.61 Å². The fourth-order valence-corrected chi connectivity index (χ4v) is 3.32. The van der Waals surface area contributed by atoms with E-state index < -0.39 is 9.84 Å². The summed E-state index contributed by atoms with van der Waals surface area (Å²) < 4.78 is 28.1. The van der Waals surface area contributed by atoms with Crippen molar-refractivity contribution in [2.24, 2.45) is 0 Å². The van der Waals surface area contributed by atoms with Crippen LogP contribution in [-0.2, 0) is 19.4 Å². The molecule has 0 aromatic rings. The fraction of sp³-hybridized carbons (Fsp3) is 0.909. The van der Waals surface area contributed by atoms with Crippen LogP contribution in [0.3, 0.4) is 0 Å². The molecule has 0 bridgehead atoms. The van der Waals surface area contributed by atoms with Gasteiger partial charge in [0.05, 0.1) is 17.1 Å². The number of sulfone groups is 1. The molecule has 0 aromatic carbocycles. The van der Waals surface area contributed by atoms with Crippen LogP contribution in [0.4, 0.5) is 0 Å². The lowest BCUT2D eigenvalue weighted by molar-refractivity contribution is -0.131. The van der Waals surface area contributed by atoms with E-state index in [0.717, 1.165) is 6.42 Å². The molecule has 17 heavy (non-hydrogen) atoms. The van der Waals surface area contributed by atoms with Crippen molar-refractivity contribution in [1.29, 1.82) is 0 Å². The summed E-state index contributed by atoms with van der Waals surface area (Å²) in [6, 6.07) is -0.259. The molecule has 1 rings (SSSR count). The number of ether oxygens (including phenoxy) is 1. The van der Waals surface area contributed by atoms with Gasteiger partial charge in [-0.2, -0.15) is 0 Å². The van der Waals surface area contributed by atoms with Gasteiger partial charge in [-0.15, -0.1) is 0 Å². The summed E-state index contributed by atoms with van der Waals surface area (Å²) in [5, 5.41) is 2.70. The number of hydrogen-bond acceptors (Lipinski definition) is 4. The quantitative estimate of drug-likeness (QED) is 0.804. The normalized spacial score (nSPS) is 24.3. The molecule has 1 aliphatic rings. The van der Waals surface area contributed by atoms with E-state index in [-0.39, 0.29) is 35.7 Å². The maximum Gasteiger partial charge on any atom is 0.246 e. The average Bonchev–Trinajstić information content (AvgIpc) is 2.12. The van der Waals surface area contributed by atoms with Crippen molar-refractivity contribution >= 4 is 15.7 Å². The minimum absolute atomic E-state index is 0.0277. The van der Waals surface area contributed by atoms with Crippen LogP contribution in [0.5, 0.6) is 0 Å². The van der Waals surface area contributed by atoms with Crippen LogP contribution in [0.25, 0.3) is 0 Å². The van der Waals surface area contributed by atoms with Gasteiger partial charge in [0.2, 0.25) is 5.91 Å². The topological polar surface area (TPSA) is 72.5 Å². The van der Waals surface area contributed by atoms with Crippen LogP contribution >= 0.6 is 0 Å². The molecule has 0 saturated carbocycles. The molecule has 1 N–H and O–H groups in total. The van der Waals surface area contributed by atoms with Crippen molar-refractivity contribution in [3.63, 3.8) is 0 Å².